The van der Waals surface area contributed by atoms with Crippen molar-refractivity contribution in [3.8, 4) is 0 Å². The smallest absolute Gasteiger partial charge is 0.243 e. The number of rotatable bonds is 7. The number of benzene rings is 2. The molecule has 2 aromatic carbocycles. The maximum atomic E-state index is 13.2. The first kappa shape index (κ1) is 24.3. The molecule has 3 heterocycles. The molecule has 0 saturated carbocycles. The molecular weight excluding hydrogens is 452 g/mol. The average molecular weight is 483 g/mol. The Bertz CT molecular complexity index is 1140. The van der Waals surface area contributed by atoms with Crippen LogP contribution in [0.5, 0.6) is 0 Å². The van der Waals surface area contributed by atoms with Crippen molar-refractivity contribution in [2.75, 3.05) is 13.2 Å². The zero-order valence-electron chi connectivity index (χ0n) is 19.0. The summed E-state index contributed by atoms with van der Waals surface area (Å²) in [6.07, 6.45) is 4.97. The van der Waals surface area contributed by atoms with Gasteiger partial charge >= 0.3 is 0 Å². The van der Waals surface area contributed by atoms with Gasteiger partial charge in [0.1, 0.15) is 6.04 Å². The second-order valence-corrected chi connectivity index (χ2v) is 8.91. The Morgan fingerprint density at radius 2 is 1.88 bits per heavy atom. The number of nitrogens with one attached hydrogen (secondary N) is 4. The minimum Gasteiger partial charge on any atom is -0.376 e. The van der Waals surface area contributed by atoms with Crippen molar-refractivity contribution in [1.82, 2.24) is 20.9 Å². The molecule has 180 valence electrons. The molecule has 1 aromatic heterocycles. The summed E-state index contributed by atoms with van der Waals surface area (Å²) < 4.78 is 5.64. The molecule has 34 heavy (non-hydrogen) atoms. The molecule has 1 fully saturated rings. The molecule has 3 atom stereocenters. The molecule has 8 heteroatoms. The Morgan fingerprint density at radius 3 is 2.71 bits per heavy atom. The van der Waals surface area contributed by atoms with E-state index in [0.29, 0.717) is 25.9 Å². The third-order valence-corrected chi connectivity index (χ3v) is 6.66. The van der Waals surface area contributed by atoms with E-state index in [9.17, 15) is 9.59 Å². The average Bonchev–Trinajstić information content (AvgIpc) is 3.52. The van der Waals surface area contributed by atoms with Crippen LogP contribution in [0.1, 0.15) is 29.5 Å². The zero-order valence-corrected chi connectivity index (χ0v) is 19.8. The van der Waals surface area contributed by atoms with Gasteiger partial charge in [0.2, 0.25) is 11.8 Å². The van der Waals surface area contributed by atoms with E-state index in [1.807, 2.05) is 42.6 Å². The van der Waals surface area contributed by atoms with E-state index in [2.05, 4.69) is 33.1 Å². The fraction of sp³-hybridized carbons (Fsp3) is 0.385. The lowest BCUT2D eigenvalue weighted by atomic mass is 9.95. The molecule has 0 radical (unpaired) electrons. The number of amides is 2. The van der Waals surface area contributed by atoms with Crippen molar-refractivity contribution >= 4 is 35.1 Å². The highest BCUT2D eigenvalue weighted by atomic mass is 35.5. The summed E-state index contributed by atoms with van der Waals surface area (Å²) in [5.41, 5.74) is 4.41. The molecule has 7 nitrogen and oxygen atoms in total. The van der Waals surface area contributed by atoms with Gasteiger partial charge in [-0.05, 0) is 42.0 Å². The number of aromatic amines is 1. The summed E-state index contributed by atoms with van der Waals surface area (Å²) in [7, 11) is 0. The lowest BCUT2D eigenvalue weighted by Crippen LogP contribution is -2.55. The van der Waals surface area contributed by atoms with Crippen LogP contribution in [-0.4, -0.2) is 48.1 Å². The third-order valence-electron chi connectivity index (χ3n) is 6.66. The Balaban J connectivity index is 0.00000274. The zero-order chi connectivity index (χ0) is 22.6. The van der Waals surface area contributed by atoms with E-state index >= 15 is 0 Å². The topological polar surface area (TPSA) is 95.2 Å². The normalized spacial score (nSPS) is 20.2. The van der Waals surface area contributed by atoms with Gasteiger partial charge in [-0.2, -0.15) is 0 Å². The van der Waals surface area contributed by atoms with Gasteiger partial charge in [-0.15, -0.1) is 12.4 Å². The number of H-pyrrole nitrogens is 1. The lowest BCUT2D eigenvalue weighted by Gasteiger charge is -2.27. The fourth-order valence-electron chi connectivity index (χ4n) is 4.78. The number of carbonyl (C=O) groups is 2. The molecule has 2 aliphatic heterocycles. The maximum absolute atomic E-state index is 13.2. The van der Waals surface area contributed by atoms with Crippen molar-refractivity contribution < 1.29 is 14.3 Å². The molecule has 2 aliphatic rings. The Labute approximate surface area is 205 Å². The molecule has 2 amide bonds. The van der Waals surface area contributed by atoms with Gasteiger partial charge in [-0.25, -0.2) is 0 Å². The number of fused-ring (bicyclic) bond motifs is 2. The predicted molar refractivity (Wildman–Crippen MR) is 134 cm³/mol. The van der Waals surface area contributed by atoms with Gasteiger partial charge in [-0.1, -0.05) is 42.5 Å². The molecule has 0 aliphatic carbocycles. The minimum atomic E-state index is -0.669. The first-order valence-corrected chi connectivity index (χ1v) is 11.7. The van der Waals surface area contributed by atoms with Crippen molar-refractivity contribution in [1.29, 1.82) is 0 Å². The van der Waals surface area contributed by atoms with Crippen molar-refractivity contribution in [3.05, 3.63) is 71.4 Å². The predicted octanol–water partition coefficient (Wildman–Crippen LogP) is 2.63. The van der Waals surface area contributed by atoms with Crippen LogP contribution in [0.2, 0.25) is 0 Å². The maximum Gasteiger partial charge on any atom is 0.243 e. The van der Waals surface area contributed by atoms with Gasteiger partial charge in [-0.3, -0.25) is 9.59 Å². The number of hydrogen-bond donors (Lipinski definition) is 4. The largest absolute Gasteiger partial charge is 0.376 e. The molecule has 0 spiro atoms. The molecule has 1 unspecified atom stereocenters. The second-order valence-electron chi connectivity index (χ2n) is 8.91. The second kappa shape index (κ2) is 11.0. The number of halogens is 1. The van der Waals surface area contributed by atoms with Gasteiger partial charge in [0.05, 0.1) is 12.1 Å². The Morgan fingerprint density at radius 1 is 1.09 bits per heavy atom. The van der Waals surface area contributed by atoms with Crippen LogP contribution in [0.25, 0.3) is 10.9 Å². The van der Waals surface area contributed by atoms with Crippen LogP contribution in [0.4, 0.5) is 0 Å². The number of para-hydroxylation sites is 1. The van der Waals surface area contributed by atoms with Crippen LogP contribution in [-0.2, 0) is 33.7 Å². The molecule has 1 saturated heterocycles. The van der Waals surface area contributed by atoms with Gasteiger partial charge in [0.15, 0.2) is 0 Å². The molecule has 0 bridgehead atoms. The minimum absolute atomic E-state index is 0. The van der Waals surface area contributed by atoms with E-state index in [-0.39, 0.29) is 36.4 Å². The number of hydrogen-bond acceptors (Lipinski definition) is 4. The van der Waals surface area contributed by atoms with E-state index in [1.54, 1.807) is 0 Å². The van der Waals surface area contributed by atoms with E-state index in [1.165, 1.54) is 11.1 Å². The highest BCUT2D eigenvalue weighted by molar-refractivity contribution is 5.91. The van der Waals surface area contributed by atoms with Gasteiger partial charge in [0, 0.05) is 43.2 Å². The van der Waals surface area contributed by atoms with Crippen LogP contribution >= 0.6 is 12.4 Å². The standard InChI is InChI=1S/C26H30N4O3.ClH/c31-25(29-16-20-8-5-11-33-20)24(13-19-15-27-22-10-4-3-9-21(19)22)30-26(32)23-12-17-6-1-2-7-18(17)14-28-23;/h1-4,6-7,9-10,15,20,23-24,27-28H,5,8,11-14,16H2,(H,29,31)(H,30,32);1H/t20?,23-,24-;/m0./s1. The molecule has 3 aromatic rings. The van der Waals surface area contributed by atoms with Crippen LogP contribution in [0, 0.1) is 0 Å². The Kier molecular flexibility index (Phi) is 7.88. The summed E-state index contributed by atoms with van der Waals surface area (Å²) in [6.45, 7) is 1.85. The fourth-order valence-corrected chi connectivity index (χ4v) is 4.78. The highest BCUT2D eigenvalue weighted by Gasteiger charge is 2.29. The molecular formula is C26H31ClN4O3. The van der Waals surface area contributed by atoms with Crippen molar-refractivity contribution in [2.24, 2.45) is 0 Å². The van der Waals surface area contributed by atoms with Crippen LogP contribution in [0.15, 0.2) is 54.7 Å². The van der Waals surface area contributed by atoms with E-state index < -0.39 is 6.04 Å². The van der Waals surface area contributed by atoms with Crippen LogP contribution in [0.3, 0.4) is 0 Å². The summed E-state index contributed by atoms with van der Waals surface area (Å²) >= 11 is 0. The summed E-state index contributed by atoms with van der Waals surface area (Å²) in [4.78, 5) is 29.6. The SMILES string of the molecule is Cl.O=C(N[C@@H](Cc1c[nH]c2ccccc12)C(=O)NCC1CCCO1)[C@@H]1Cc2ccccc2CN1. The third kappa shape index (κ3) is 5.43. The first-order chi connectivity index (χ1) is 16.2. The van der Waals surface area contributed by atoms with E-state index in [0.717, 1.165) is 35.9 Å². The van der Waals surface area contributed by atoms with E-state index in [4.69, 9.17) is 4.74 Å². The van der Waals surface area contributed by atoms with Crippen molar-refractivity contribution in [2.45, 2.75) is 50.4 Å². The van der Waals surface area contributed by atoms with Crippen molar-refractivity contribution in [3.63, 3.8) is 0 Å². The van der Waals surface area contributed by atoms with Gasteiger partial charge in [0.25, 0.3) is 0 Å². The summed E-state index contributed by atoms with van der Waals surface area (Å²) in [5, 5.41) is 10.4. The molecule has 5 rings (SSSR count). The number of aromatic nitrogens is 1. The van der Waals surface area contributed by atoms with Gasteiger partial charge < -0.3 is 25.7 Å². The van der Waals surface area contributed by atoms with Crippen LogP contribution < -0.4 is 16.0 Å². The monoisotopic (exact) mass is 482 g/mol. The quantitative estimate of drug-likeness (QED) is 0.416. The number of ether oxygens (including phenoxy) is 1. The lowest BCUT2D eigenvalue weighted by molar-refractivity contribution is -0.130. The molecule has 4 N–H and O–H groups in total. The number of carbonyl (C=O) groups excluding carboxylic acids is 2. The first-order valence-electron chi connectivity index (χ1n) is 11.7. The Hall–Kier alpha value is -2.87. The highest BCUT2D eigenvalue weighted by Crippen LogP contribution is 2.20. The summed E-state index contributed by atoms with van der Waals surface area (Å²) in [6, 6.07) is 15.1. The summed E-state index contributed by atoms with van der Waals surface area (Å²) in [5.74, 6) is -0.332.